The predicted molar refractivity (Wildman–Crippen MR) is 69.3 cm³/mol. The molecule has 2 bridgehead atoms. The molecule has 2 nitrogen and oxygen atoms in total. The molecular formula is C14H18ClNO. The summed E-state index contributed by atoms with van der Waals surface area (Å²) in [6.07, 6.45) is 4.58. The van der Waals surface area contributed by atoms with Gasteiger partial charge < -0.3 is 10.1 Å². The highest BCUT2D eigenvalue weighted by Gasteiger charge is 2.44. The van der Waals surface area contributed by atoms with Crippen molar-refractivity contribution in [2.24, 2.45) is 5.92 Å². The first-order valence-corrected chi connectivity index (χ1v) is 6.74. The van der Waals surface area contributed by atoms with E-state index in [-0.39, 0.29) is 0 Å². The van der Waals surface area contributed by atoms with Crippen LogP contribution in [-0.2, 0) is 4.74 Å². The second-order valence-corrected chi connectivity index (χ2v) is 5.53. The Labute approximate surface area is 107 Å². The fourth-order valence-electron chi connectivity index (χ4n) is 3.36. The first-order chi connectivity index (χ1) is 8.28. The lowest BCUT2D eigenvalue weighted by Gasteiger charge is -2.28. The molecular weight excluding hydrogens is 234 g/mol. The maximum atomic E-state index is 6.07. The first-order valence-electron chi connectivity index (χ1n) is 6.36. The van der Waals surface area contributed by atoms with Crippen molar-refractivity contribution >= 4 is 11.6 Å². The second-order valence-electron chi connectivity index (χ2n) is 5.09. The van der Waals surface area contributed by atoms with Crippen molar-refractivity contribution in [2.45, 2.75) is 37.5 Å². The quantitative estimate of drug-likeness (QED) is 0.891. The first kappa shape index (κ1) is 11.5. The van der Waals surface area contributed by atoms with E-state index in [1.165, 1.54) is 24.8 Å². The predicted octanol–water partition coefficient (Wildman–Crippen LogP) is 3.17. The van der Waals surface area contributed by atoms with E-state index in [2.05, 4.69) is 17.4 Å². The van der Waals surface area contributed by atoms with Crippen LogP contribution in [0, 0.1) is 5.92 Å². The summed E-state index contributed by atoms with van der Waals surface area (Å²) in [7, 11) is 2.03. The third-order valence-electron chi connectivity index (χ3n) is 4.10. The highest BCUT2D eigenvalue weighted by Crippen LogP contribution is 2.44. The van der Waals surface area contributed by atoms with Gasteiger partial charge in [0.2, 0.25) is 0 Å². The van der Waals surface area contributed by atoms with Crippen molar-refractivity contribution in [1.82, 2.24) is 5.32 Å². The lowest BCUT2D eigenvalue weighted by molar-refractivity contribution is 0.0863. The van der Waals surface area contributed by atoms with Crippen molar-refractivity contribution < 1.29 is 4.74 Å². The van der Waals surface area contributed by atoms with Crippen molar-refractivity contribution in [3.05, 3.63) is 34.9 Å². The van der Waals surface area contributed by atoms with Crippen LogP contribution in [0.5, 0.6) is 0 Å². The zero-order chi connectivity index (χ0) is 11.8. The standard InChI is InChI=1S/C14H18ClNO/c1-16-14(9-3-2-4-10(15)7-9)12-8-11-5-6-13(12)17-11/h2-4,7,11-14,16H,5-6,8H2,1H3. The molecule has 0 aliphatic carbocycles. The monoisotopic (exact) mass is 251 g/mol. The number of benzene rings is 1. The van der Waals surface area contributed by atoms with Gasteiger partial charge in [-0.3, -0.25) is 0 Å². The molecule has 0 saturated carbocycles. The van der Waals surface area contributed by atoms with Crippen molar-refractivity contribution in [3.63, 3.8) is 0 Å². The zero-order valence-electron chi connectivity index (χ0n) is 10.0. The van der Waals surface area contributed by atoms with Crippen LogP contribution in [0.15, 0.2) is 24.3 Å². The molecule has 1 aromatic rings. The Balaban J connectivity index is 1.84. The van der Waals surface area contributed by atoms with Gasteiger partial charge in [-0.15, -0.1) is 0 Å². The van der Waals surface area contributed by atoms with E-state index in [1.54, 1.807) is 0 Å². The molecule has 0 amide bonds. The van der Waals surface area contributed by atoms with E-state index in [1.807, 2.05) is 19.2 Å². The Morgan fingerprint density at radius 2 is 2.29 bits per heavy atom. The lowest BCUT2D eigenvalue weighted by Crippen LogP contribution is -2.31. The maximum Gasteiger partial charge on any atom is 0.0627 e. The Morgan fingerprint density at radius 1 is 1.41 bits per heavy atom. The van der Waals surface area contributed by atoms with Gasteiger partial charge in [0.1, 0.15) is 0 Å². The van der Waals surface area contributed by atoms with E-state index < -0.39 is 0 Å². The van der Waals surface area contributed by atoms with Gasteiger partial charge in [0, 0.05) is 17.0 Å². The van der Waals surface area contributed by atoms with Gasteiger partial charge in [-0.25, -0.2) is 0 Å². The Bertz CT molecular complexity index is 409. The van der Waals surface area contributed by atoms with Crippen LogP contribution >= 0.6 is 11.6 Å². The van der Waals surface area contributed by atoms with Gasteiger partial charge in [-0.2, -0.15) is 0 Å². The van der Waals surface area contributed by atoms with E-state index in [9.17, 15) is 0 Å². The SMILES string of the molecule is CNC(c1cccc(Cl)c1)C1CC2CCC1O2. The summed E-state index contributed by atoms with van der Waals surface area (Å²) in [5.74, 6) is 0.595. The summed E-state index contributed by atoms with van der Waals surface area (Å²) in [6, 6.07) is 8.53. The molecule has 92 valence electrons. The molecule has 2 heterocycles. The molecule has 4 atom stereocenters. The fraction of sp³-hybridized carbons (Fsp3) is 0.571. The highest BCUT2D eigenvalue weighted by atomic mass is 35.5. The van der Waals surface area contributed by atoms with E-state index in [4.69, 9.17) is 16.3 Å². The van der Waals surface area contributed by atoms with Crippen molar-refractivity contribution in [2.75, 3.05) is 7.05 Å². The molecule has 0 spiro atoms. The van der Waals surface area contributed by atoms with E-state index >= 15 is 0 Å². The van der Waals surface area contributed by atoms with Crippen LogP contribution < -0.4 is 5.32 Å². The number of rotatable bonds is 3. The second kappa shape index (κ2) is 4.60. The molecule has 1 aromatic carbocycles. The molecule has 3 rings (SSSR count). The topological polar surface area (TPSA) is 21.3 Å². The third-order valence-corrected chi connectivity index (χ3v) is 4.34. The van der Waals surface area contributed by atoms with Gasteiger partial charge in [-0.05, 0) is 44.0 Å². The molecule has 17 heavy (non-hydrogen) atoms. The smallest absolute Gasteiger partial charge is 0.0627 e. The summed E-state index contributed by atoms with van der Waals surface area (Å²) in [6.45, 7) is 0. The number of ether oxygens (including phenoxy) is 1. The van der Waals surface area contributed by atoms with Gasteiger partial charge >= 0.3 is 0 Å². The van der Waals surface area contributed by atoms with E-state index in [0.29, 0.717) is 24.2 Å². The van der Waals surface area contributed by atoms with Crippen molar-refractivity contribution in [1.29, 1.82) is 0 Å². The fourth-order valence-corrected chi connectivity index (χ4v) is 3.55. The Hall–Kier alpha value is -0.570. The number of fused-ring (bicyclic) bond motifs is 2. The molecule has 2 saturated heterocycles. The molecule has 1 N–H and O–H groups in total. The Morgan fingerprint density at radius 3 is 2.88 bits per heavy atom. The van der Waals surface area contributed by atoms with Crippen LogP contribution in [0.1, 0.15) is 30.9 Å². The Kier molecular flexibility index (Phi) is 3.12. The summed E-state index contributed by atoms with van der Waals surface area (Å²) in [5, 5.41) is 4.25. The average molecular weight is 252 g/mol. The van der Waals surface area contributed by atoms with Crippen LogP contribution in [0.25, 0.3) is 0 Å². The molecule has 2 aliphatic heterocycles. The van der Waals surface area contributed by atoms with Gasteiger partial charge in [-0.1, -0.05) is 23.7 Å². The van der Waals surface area contributed by atoms with Crippen LogP contribution in [-0.4, -0.2) is 19.3 Å². The molecule has 2 aliphatic rings. The minimum Gasteiger partial charge on any atom is -0.375 e. The molecule has 0 aromatic heterocycles. The molecule has 4 unspecified atom stereocenters. The van der Waals surface area contributed by atoms with Gasteiger partial charge in [0.05, 0.1) is 12.2 Å². The number of hydrogen-bond acceptors (Lipinski definition) is 2. The third kappa shape index (κ3) is 2.10. The molecule has 2 fully saturated rings. The van der Waals surface area contributed by atoms with Crippen LogP contribution in [0.4, 0.5) is 0 Å². The maximum absolute atomic E-state index is 6.07. The summed E-state index contributed by atoms with van der Waals surface area (Å²) in [5.41, 5.74) is 1.28. The van der Waals surface area contributed by atoms with Crippen LogP contribution in [0.2, 0.25) is 5.02 Å². The van der Waals surface area contributed by atoms with Gasteiger partial charge in [0.25, 0.3) is 0 Å². The summed E-state index contributed by atoms with van der Waals surface area (Å²) < 4.78 is 5.95. The minimum absolute atomic E-state index is 0.365. The average Bonchev–Trinajstić information content (AvgIpc) is 2.92. The van der Waals surface area contributed by atoms with Gasteiger partial charge in [0.15, 0.2) is 0 Å². The molecule has 0 radical (unpaired) electrons. The van der Waals surface area contributed by atoms with Crippen molar-refractivity contribution in [3.8, 4) is 0 Å². The highest BCUT2D eigenvalue weighted by molar-refractivity contribution is 6.30. The normalized spacial score (nSPS) is 32.9. The largest absolute Gasteiger partial charge is 0.375 e. The molecule has 3 heteroatoms. The van der Waals surface area contributed by atoms with Crippen LogP contribution in [0.3, 0.4) is 0 Å². The zero-order valence-corrected chi connectivity index (χ0v) is 10.8. The number of hydrogen-bond donors (Lipinski definition) is 1. The van der Waals surface area contributed by atoms with E-state index in [0.717, 1.165) is 5.02 Å². The summed E-state index contributed by atoms with van der Waals surface area (Å²) in [4.78, 5) is 0. The number of nitrogens with one attached hydrogen (secondary N) is 1. The minimum atomic E-state index is 0.365. The number of halogens is 1. The lowest BCUT2D eigenvalue weighted by atomic mass is 9.81. The summed E-state index contributed by atoms with van der Waals surface area (Å²) >= 11 is 6.07.